The summed E-state index contributed by atoms with van der Waals surface area (Å²) in [7, 11) is 1.43. The lowest BCUT2D eigenvalue weighted by atomic mass is 10.1. The molecule has 1 aromatic carbocycles. The van der Waals surface area contributed by atoms with Gasteiger partial charge in [0.15, 0.2) is 11.7 Å². The number of aromatic nitrogens is 2. The summed E-state index contributed by atoms with van der Waals surface area (Å²) in [5.74, 6) is 0.0465. The molecule has 0 aliphatic carbocycles. The van der Waals surface area contributed by atoms with Crippen LogP contribution in [0.25, 0.3) is 0 Å². The zero-order valence-electron chi connectivity index (χ0n) is 13.5. The fraction of sp³-hybridized carbons (Fsp3) is 0.333. The Balaban J connectivity index is 0.00000288. The molecule has 1 aromatic heterocycles. The molecule has 0 aliphatic rings. The molecule has 2 aromatic rings. The molecule has 0 bridgehead atoms. The van der Waals surface area contributed by atoms with Gasteiger partial charge in [-0.1, -0.05) is 6.07 Å². The van der Waals surface area contributed by atoms with E-state index < -0.39 is 11.9 Å². The lowest BCUT2D eigenvalue weighted by Gasteiger charge is -2.08. The third kappa shape index (κ3) is 5.11. The van der Waals surface area contributed by atoms with Gasteiger partial charge in [-0.3, -0.25) is 4.68 Å². The van der Waals surface area contributed by atoms with Crippen LogP contribution in [0.1, 0.15) is 22.4 Å². The number of aryl methyl sites for hydroxylation is 3. The van der Waals surface area contributed by atoms with Crippen LogP contribution in [0.3, 0.4) is 0 Å². The summed E-state index contributed by atoms with van der Waals surface area (Å²) in [5.41, 5.74) is 7.72. The molecule has 0 saturated carbocycles. The van der Waals surface area contributed by atoms with Gasteiger partial charge in [-0.15, -0.1) is 24.0 Å². The summed E-state index contributed by atoms with van der Waals surface area (Å²) >= 11 is 0. The van der Waals surface area contributed by atoms with E-state index >= 15 is 0 Å². The molecule has 0 aliphatic heterocycles. The molecule has 0 fully saturated rings. The van der Waals surface area contributed by atoms with Crippen molar-refractivity contribution in [3.8, 4) is 0 Å². The molecule has 0 spiro atoms. The zero-order chi connectivity index (χ0) is 17.2. The van der Waals surface area contributed by atoms with Crippen molar-refractivity contribution < 1.29 is 13.2 Å². The first kappa shape index (κ1) is 20.3. The first-order valence-corrected chi connectivity index (χ1v) is 6.90. The number of guanidine groups is 1. The molecule has 0 atom stereocenters. The zero-order valence-corrected chi connectivity index (χ0v) is 15.8. The van der Waals surface area contributed by atoms with Gasteiger partial charge in [0.05, 0.1) is 6.54 Å². The lowest BCUT2D eigenvalue weighted by Crippen LogP contribution is -2.22. The summed E-state index contributed by atoms with van der Waals surface area (Å²) in [6, 6.07) is 5.65. The number of anilines is 1. The maximum absolute atomic E-state index is 12.8. The van der Waals surface area contributed by atoms with Crippen molar-refractivity contribution in [2.75, 3.05) is 5.32 Å². The summed E-state index contributed by atoms with van der Waals surface area (Å²) in [5, 5.41) is 6.29. The van der Waals surface area contributed by atoms with E-state index in [9.17, 15) is 13.2 Å². The highest BCUT2D eigenvalue weighted by Crippen LogP contribution is 2.30. The number of halogens is 4. The van der Waals surface area contributed by atoms with E-state index in [0.717, 1.165) is 21.5 Å². The van der Waals surface area contributed by atoms with E-state index in [1.54, 1.807) is 0 Å². The number of nitrogens with one attached hydrogen (secondary N) is 1. The van der Waals surface area contributed by atoms with Crippen LogP contribution in [-0.2, 0) is 19.8 Å². The quantitative estimate of drug-likeness (QED) is 0.424. The van der Waals surface area contributed by atoms with Crippen LogP contribution in [0, 0.1) is 13.8 Å². The van der Waals surface area contributed by atoms with E-state index in [2.05, 4.69) is 15.4 Å². The SMILES string of the molecule is Cc1ccc(NC(N)=NCc2cn(C)nc2C(F)(F)F)cc1C.I. The van der Waals surface area contributed by atoms with E-state index in [1.807, 2.05) is 32.0 Å². The number of alkyl halides is 3. The van der Waals surface area contributed by atoms with E-state index in [0.29, 0.717) is 0 Å². The van der Waals surface area contributed by atoms with Gasteiger partial charge in [0.1, 0.15) is 0 Å². The fourth-order valence-corrected chi connectivity index (χ4v) is 2.07. The van der Waals surface area contributed by atoms with Crippen molar-refractivity contribution in [3.05, 3.63) is 46.8 Å². The smallest absolute Gasteiger partial charge is 0.370 e. The second-order valence-corrected chi connectivity index (χ2v) is 5.30. The maximum Gasteiger partial charge on any atom is 0.435 e. The van der Waals surface area contributed by atoms with Gasteiger partial charge >= 0.3 is 6.18 Å². The van der Waals surface area contributed by atoms with Crippen molar-refractivity contribution in [1.29, 1.82) is 0 Å². The van der Waals surface area contributed by atoms with Crippen LogP contribution in [-0.4, -0.2) is 15.7 Å². The minimum absolute atomic E-state index is 0. The first-order chi connectivity index (χ1) is 10.7. The highest BCUT2D eigenvalue weighted by Gasteiger charge is 2.36. The van der Waals surface area contributed by atoms with Crippen molar-refractivity contribution in [2.45, 2.75) is 26.6 Å². The fourth-order valence-electron chi connectivity index (χ4n) is 2.07. The van der Waals surface area contributed by atoms with Gasteiger partial charge in [0.25, 0.3) is 0 Å². The Morgan fingerprint density at radius 3 is 2.54 bits per heavy atom. The summed E-state index contributed by atoms with van der Waals surface area (Å²) in [4.78, 5) is 3.96. The van der Waals surface area contributed by atoms with Crippen LogP contribution in [0.5, 0.6) is 0 Å². The monoisotopic (exact) mass is 453 g/mol. The van der Waals surface area contributed by atoms with Crippen LogP contribution < -0.4 is 11.1 Å². The summed E-state index contributed by atoms with van der Waals surface area (Å²) in [6.07, 6.45) is -3.22. The van der Waals surface area contributed by atoms with Gasteiger partial charge in [0, 0.05) is 24.5 Å². The van der Waals surface area contributed by atoms with Crippen LogP contribution in [0.2, 0.25) is 0 Å². The second-order valence-electron chi connectivity index (χ2n) is 5.30. The Morgan fingerprint density at radius 1 is 1.29 bits per heavy atom. The predicted molar refractivity (Wildman–Crippen MR) is 98.5 cm³/mol. The first-order valence-electron chi connectivity index (χ1n) is 6.90. The average Bonchev–Trinajstić information content (AvgIpc) is 2.82. The number of rotatable bonds is 3. The minimum atomic E-state index is -4.51. The normalized spacial score (nSPS) is 12.0. The van der Waals surface area contributed by atoms with Crippen molar-refractivity contribution >= 4 is 35.6 Å². The average molecular weight is 453 g/mol. The van der Waals surface area contributed by atoms with Gasteiger partial charge < -0.3 is 11.1 Å². The summed E-state index contributed by atoms with van der Waals surface area (Å²) < 4.78 is 39.6. The number of nitrogens with zero attached hydrogens (tertiary/aromatic N) is 3. The molecule has 5 nitrogen and oxygen atoms in total. The predicted octanol–water partition coefficient (Wildman–Crippen LogP) is 3.60. The molecule has 24 heavy (non-hydrogen) atoms. The molecule has 0 amide bonds. The highest BCUT2D eigenvalue weighted by atomic mass is 127. The van der Waals surface area contributed by atoms with Crippen LogP contribution >= 0.6 is 24.0 Å². The van der Waals surface area contributed by atoms with Crippen molar-refractivity contribution in [3.63, 3.8) is 0 Å². The van der Waals surface area contributed by atoms with E-state index in [4.69, 9.17) is 5.73 Å². The largest absolute Gasteiger partial charge is 0.435 e. The topological polar surface area (TPSA) is 68.2 Å². The van der Waals surface area contributed by atoms with E-state index in [-0.39, 0.29) is 42.0 Å². The molecule has 0 saturated heterocycles. The van der Waals surface area contributed by atoms with Crippen molar-refractivity contribution in [1.82, 2.24) is 9.78 Å². The number of hydrogen-bond acceptors (Lipinski definition) is 2. The Hall–Kier alpha value is -1.78. The van der Waals surface area contributed by atoms with Crippen LogP contribution in [0.4, 0.5) is 18.9 Å². The second kappa shape index (κ2) is 7.86. The molecule has 3 N–H and O–H groups in total. The Morgan fingerprint density at radius 2 is 1.96 bits per heavy atom. The molecular formula is C15H19F3IN5. The highest BCUT2D eigenvalue weighted by molar-refractivity contribution is 14.0. The minimum Gasteiger partial charge on any atom is -0.370 e. The molecule has 0 radical (unpaired) electrons. The maximum atomic E-state index is 12.8. The standard InChI is InChI=1S/C15H18F3N5.HI/c1-9-4-5-12(6-10(9)2)21-14(19)20-7-11-8-23(3)22-13(11)15(16,17)18;/h4-6,8H,7H2,1-3H3,(H3,19,20,21);1H. The van der Waals surface area contributed by atoms with Gasteiger partial charge in [-0.05, 0) is 37.1 Å². The Bertz CT molecular complexity index is 737. The number of aliphatic imine (C=N–C) groups is 1. The molecule has 0 unspecified atom stereocenters. The van der Waals surface area contributed by atoms with E-state index in [1.165, 1.54) is 13.2 Å². The van der Waals surface area contributed by atoms with Crippen LogP contribution in [0.15, 0.2) is 29.4 Å². The van der Waals surface area contributed by atoms with Crippen molar-refractivity contribution in [2.24, 2.45) is 17.8 Å². The lowest BCUT2D eigenvalue weighted by molar-refractivity contribution is -0.142. The molecule has 2 rings (SSSR count). The Kier molecular flexibility index (Phi) is 6.64. The molecular weight excluding hydrogens is 434 g/mol. The molecule has 132 valence electrons. The van der Waals surface area contributed by atoms with Gasteiger partial charge in [-0.25, -0.2) is 4.99 Å². The van der Waals surface area contributed by atoms with Gasteiger partial charge in [0.2, 0.25) is 0 Å². The summed E-state index contributed by atoms with van der Waals surface area (Å²) in [6.45, 7) is 3.74. The Labute approximate surface area is 155 Å². The number of hydrogen-bond donors (Lipinski definition) is 2. The number of benzene rings is 1. The third-order valence-electron chi connectivity index (χ3n) is 3.37. The van der Waals surface area contributed by atoms with Gasteiger partial charge in [-0.2, -0.15) is 18.3 Å². The third-order valence-corrected chi connectivity index (χ3v) is 3.37. The molecule has 9 heteroatoms. The number of nitrogens with two attached hydrogens (primary N) is 1. The molecule has 1 heterocycles.